The van der Waals surface area contributed by atoms with Gasteiger partial charge in [-0.25, -0.2) is 0 Å². The highest BCUT2D eigenvalue weighted by atomic mass is 35.5. The van der Waals surface area contributed by atoms with Crippen molar-refractivity contribution in [3.63, 3.8) is 0 Å². The number of nitrogens with one attached hydrogen (secondary N) is 1. The number of benzene rings is 2. The summed E-state index contributed by atoms with van der Waals surface area (Å²) in [5, 5.41) is 24.7. The largest absolute Gasteiger partial charge is 0.471 e. The lowest BCUT2D eigenvalue weighted by molar-refractivity contribution is -0.384. The van der Waals surface area contributed by atoms with Crippen LogP contribution in [0, 0.1) is 10.1 Å². The molecule has 0 atom stereocenters. The number of anilines is 1. The molecule has 134 valence electrons. The highest BCUT2D eigenvalue weighted by Gasteiger charge is 2.39. The van der Waals surface area contributed by atoms with Crippen LogP contribution in [0.4, 0.5) is 24.5 Å². The number of halogens is 4. The number of amides is 1. The summed E-state index contributed by atoms with van der Waals surface area (Å²) in [6, 6.07) is 6.21. The number of hydrogen-bond acceptors (Lipinski definition) is 5. The molecule has 1 aliphatic carbocycles. The number of alkyl halides is 3. The van der Waals surface area contributed by atoms with Crippen LogP contribution >= 0.6 is 11.6 Å². The van der Waals surface area contributed by atoms with Gasteiger partial charge in [0.05, 0.1) is 15.6 Å². The molecule has 2 N–H and O–H groups in total. The van der Waals surface area contributed by atoms with E-state index in [2.05, 4.69) is 5.16 Å². The first-order chi connectivity index (χ1) is 12.1. The Morgan fingerprint density at radius 3 is 2.38 bits per heavy atom. The molecule has 26 heavy (non-hydrogen) atoms. The molecule has 1 aliphatic rings. The van der Waals surface area contributed by atoms with Gasteiger partial charge in [0.15, 0.2) is 0 Å². The number of nitrogens with zero attached hydrogens (tertiary/aromatic N) is 2. The summed E-state index contributed by atoms with van der Waals surface area (Å²) < 4.78 is 37.3. The fourth-order valence-corrected chi connectivity index (χ4v) is 2.82. The third kappa shape index (κ3) is 2.84. The number of carbonyl (C=O) groups excluding carboxylic acids is 1. The zero-order valence-electron chi connectivity index (χ0n) is 12.5. The number of rotatable bonds is 2. The first-order valence-corrected chi connectivity index (χ1v) is 7.24. The highest BCUT2D eigenvalue weighted by molar-refractivity contribution is 6.35. The van der Waals surface area contributed by atoms with Crippen molar-refractivity contribution in [3.05, 3.63) is 56.6 Å². The Hall–Kier alpha value is -3.14. The number of nitro groups is 1. The van der Waals surface area contributed by atoms with Crippen molar-refractivity contribution in [2.75, 3.05) is 5.32 Å². The molecule has 0 bridgehead atoms. The maximum absolute atomic E-state index is 12.4. The summed E-state index contributed by atoms with van der Waals surface area (Å²) >= 11 is 5.95. The molecule has 0 radical (unpaired) electrons. The Bertz CT molecular complexity index is 989. The zero-order valence-corrected chi connectivity index (χ0v) is 13.2. The van der Waals surface area contributed by atoms with Crippen molar-refractivity contribution in [1.82, 2.24) is 0 Å². The molecule has 7 nitrogen and oxygen atoms in total. The van der Waals surface area contributed by atoms with Crippen LogP contribution < -0.4 is 5.32 Å². The topological polar surface area (TPSA) is 105 Å². The van der Waals surface area contributed by atoms with Gasteiger partial charge >= 0.3 is 12.1 Å². The first kappa shape index (κ1) is 17.7. The second-order valence-electron chi connectivity index (χ2n) is 5.27. The number of oxime groups is 1. The Labute approximate surface area is 147 Å². The molecule has 0 unspecified atom stereocenters. The third-order valence-electron chi connectivity index (χ3n) is 3.73. The number of carbonyl (C=O) groups is 1. The Kier molecular flexibility index (Phi) is 4.07. The molecule has 11 heteroatoms. The standard InChI is InChI=1S/C15H7ClF3N3O4/c16-11-4-8-7-2-1-6(22(25)26)3-9(7)13(21-24)10(8)5-12(11)20-14(23)15(17,18)19/h1-5,24H,(H,20,23)/b21-13+. The van der Waals surface area contributed by atoms with E-state index in [0.29, 0.717) is 11.1 Å². The summed E-state index contributed by atoms with van der Waals surface area (Å²) in [4.78, 5) is 21.4. The van der Waals surface area contributed by atoms with Gasteiger partial charge < -0.3 is 10.5 Å². The smallest absolute Gasteiger partial charge is 0.410 e. The fourth-order valence-electron chi connectivity index (χ4n) is 2.61. The van der Waals surface area contributed by atoms with E-state index < -0.39 is 17.0 Å². The van der Waals surface area contributed by atoms with Gasteiger partial charge in [-0.15, -0.1) is 0 Å². The first-order valence-electron chi connectivity index (χ1n) is 6.87. The van der Waals surface area contributed by atoms with E-state index in [1.165, 1.54) is 24.3 Å². The molecule has 0 aliphatic heterocycles. The van der Waals surface area contributed by atoms with Crippen LogP contribution in [-0.2, 0) is 4.79 Å². The van der Waals surface area contributed by atoms with Crippen LogP contribution in [0.2, 0.25) is 5.02 Å². The maximum atomic E-state index is 12.4. The Morgan fingerprint density at radius 1 is 1.15 bits per heavy atom. The molecular formula is C15H7ClF3N3O4. The van der Waals surface area contributed by atoms with E-state index in [1.54, 1.807) is 5.32 Å². The number of non-ortho nitro benzene ring substituents is 1. The van der Waals surface area contributed by atoms with Crippen LogP contribution in [0.25, 0.3) is 11.1 Å². The highest BCUT2D eigenvalue weighted by Crippen LogP contribution is 2.42. The quantitative estimate of drug-likeness (QED) is 0.396. The molecule has 0 aromatic heterocycles. The van der Waals surface area contributed by atoms with E-state index in [9.17, 15) is 33.3 Å². The van der Waals surface area contributed by atoms with Gasteiger partial charge in [0, 0.05) is 23.3 Å². The predicted molar refractivity (Wildman–Crippen MR) is 85.7 cm³/mol. The minimum atomic E-state index is -5.11. The van der Waals surface area contributed by atoms with Crippen LogP contribution in [0.5, 0.6) is 0 Å². The van der Waals surface area contributed by atoms with E-state index in [0.717, 1.165) is 6.07 Å². The molecule has 2 aromatic rings. The fraction of sp³-hybridized carbons (Fsp3) is 0.0667. The van der Waals surface area contributed by atoms with Crippen LogP contribution in [-0.4, -0.2) is 27.9 Å². The molecule has 0 saturated heterocycles. The second-order valence-corrected chi connectivity index (χ2v) is 5.67. The van der Waals surface area contributed by atoms with Crippen LogP contribution in [0.1, 0.15) is 11.1 Å². The van der Waals surface area contributed by atoms with E-state index >= 15 is 0 Å². The van der Waals surface area contributed by atoms with Gasteiger partial charge in [0.1, 0.15) is 5.71 Å². The molecular weight excluding hydrogens is 379 g/mol. The second kappa shape index (κ2) is 5.99. The molecule has 3 rings (SSSR count). The predicted octanol–water partition coefficient (Wildman–Crippen LogP) is 3.96. The third-order valence-corrected chi connectivity index (χ3v) is 4.04. The molecule has 0 fully saturated rings. The van der Waals surface area contributed by atoms with E-state index in [4.69, 9.17) is 11.6 Å². The van der Waals surface area contributed by atoms with Gasteiger partial charge in [-0.3, -0.25) is 14.9 Å². The maximum Gasteiger partial charge on any atom is 0.471 e. The van der Waals surface area contributed by atoms with Crippen molar-refractivity contribution < 1.29 is 28.1 Å². The minimum Gasteiger partial charge on any atom is -0.410 e. The van der Waals surface area contributed by atoms with Gasteiger partial charge in [0.25, 0.3) is 5.69 Å². The van der Waals surface area contributed by atoms with Gasteiger partial charge in [-0.05, 0) is 29.3 Å². The van der Waals surface area contributed by atoms with Gasteiger partial charge in [-0.2, -0.15) is 13.2 Å². The summed E-state index contributed by atoms with van der Waals surface area (Å²) in [5.41, 5.74) is 0.562. The molecule has 1 amide bonds. The zero-order chi connectivity index (χ0) is 19.2. The van der Waals surface area contributed by atoms with E-state index in [-0.39, 0.29) is 33.2 Å². The van der Waals surface area contributed by atoms with Gasteiger partial charge in [-0.1, -0.05) is 16.8 Å². The number of nitro benzene ring substituents is 1. The van der Waals surface area contributed by atoms with Crippen molar-refractivity contribution in [3.8, 4) is 11.1 Å². The molecule has 2 aromatic carbocycles. The molecule has 0 spiro atoms. The van der Waals surface area contributed by atoms with Gasteiger partial charge in [0.2, 0.25) is 0 Å². The minimum absolute atomic E-state index is 0.0853. The van der Waals surface area contributed by atoms with Crippen molar-refractivity contribution in [2.24, 2.45) is 5.16 Å². The Balaban J connectivity index is 2.12. The van der Waals surface area contributed by atoms with Crippen LogP contribution in [0.15, 0.2) is 35.5 Å². The lowest BCUT2D eigenvalue weighted by Crippen LogP contribution is -2.30. The molecule has 0 heterocycles. The van der Waals surface area contributed by atoms with Crippen molar-refractivity contribution in [2.45, 2.75) is 6.18 Å². The lowest BCUT2D eigenvalue weighted by atomic mass is 10.0. The normalized spacial score (nSPS) is 14.1. The lowest BCUT2D eigenvalue weighted by Gasteiger charge is -2.11. The summed E-state index contributed by atoms with van der Waals surface area (Å²) in [5.74, 6) is -2.21. The average Bonchev–Trinajstić information content (AvgIpc) is 2.86. The molecule has 0 saturated carbocycles. The summed E-state index contributed by atoms with van der Waals surface area (Å²) in [6.45, 7) is 0. The monoisotopic (exact) mass is 385 g/mol. The number of fused-ring (bicyclic) bond motifs is 3. The Morgan fingerprint density at radius 2 is 1.81 bits per heavy atom. The average molecular weight is 386 g/mol. The number of hydrogen-bond donors (Lipinski definition) is 2. The van der Waals surface area contributed by atoms with E-state index in [1.807, 2.05) is 0 Å². The van der Waals surface area contributed by atoms with Crippen LogP contribution in [0.3, 0.4) is 0 Å². The summed E-state index contributed by atoms with van der Waals surface area (Å²) in [6.07, 6.45) is -5.11. The SMILES string of the molecule is O=C(Nc1cc2c(cc1Cl)-c1ccc([N+](=O)[O-])cc1/C2=N\O)C(F)(F)F. The summed E-state index contributed by atoms with van der Waals surface area (Å²) in [7, 11) is 0. The van der Waals surface area contributed by atoms with Crippen molar-refractivity contribution in [1.29, 1.82) is 0 Å². The van der Waals surface area contributed by atoms with Crippen molar-refractivity contribution >= 4 is 34.6 Å².